The first-order valence-corrected chi connectivity index (χ1v) is 8.44. The second-order valence-electron chi connectivity index (χ2n) is 7.30. The van der Waals surface area contributed by atoms with Crippen molar-refractivity contribution >= 4 is 11.4 Å². The molecule has 0 bridgehead atoms. The fourth-order valence-electron chi connectivity index (χ4n) is 3.85. The molecule has 2 aliphatic rings. The van der Waals surface area contributed by atoms with Gasteiger partial charge in [0.05, 0.1) is 0 Å². The SMILES string of the molecule is CC1(C)CCCN(CCN2CCCC2)c2cc(N)ccc21. The van der Waals surface area contributed by atoms with Gasteiger partial charge in [0.25, 0.3) is 0 Å². The Balaban J connectivity index is 1.81. The molecule has 2 aliphatic heterocycles. The van der Waals surface area contributed by atoms with Gasteiger partial charge in [0, 0.05) is 31.0 Å². The number of hydrogen-bond donors (Lipinski definition) is 1. The summed E-state index contributed by atoms with van der Waals surface area (Å²) in [6.07, 6.45) is 5.26. The maximum Gasteiger partial charge on any atom is 0.0425 e. The lowest BCUT2D eigenvalue weighted by Crippen LogP contribution is -2.34. The normalized spacial score (nSPS) is 22.1. The first kappa shape index (κ1) is 14.7. The number of hydrogen-bond acceptors (Lipinski definition) is 3. The molecule has 2 heterocycles. The number of fused-ring (bicyclic) bond motifs is 1. The molecule has 3 heteroatoms. The van der Waals surface area contributed by atoms with E-state index in [4.69, 9.17) is 5.73 Å². The number of nitrogens with zero attached hydrogens (tertiary/aromatic N) is 2. The molecule has 2 N–H and O–H groups in total. The van der Waals surface area contributed by atoms with Gasteiger partial charge in [0.1, 0.15) is 0 Å². The van der Waals surface area contributed by atoms with Gasteiger partial charge in [-0.3, -0.25) is 0 Å². The highest BCUT2D eigenvalue weighted by atomic mass is 15.2. The monoisotopic (exact) mass is 287 g/mol. The van der Waals surface area contributed by atoms with Gasteiger partial charge in [0.15, 0.2) is 0 Å². The fraction of sp³-hybridized carbons (Fsp3) is 0.667. The molecule has 0 unspecified atom stereocenters. The molecule has 0 amide bonds. The molecular weight excluding hydrogens is 258 g/mol. The van der Waals surface area contributed by atoms with Gasteiger partial charge in [-0.05, 0) is 61.9 Å². The Morgan fingerprint density at radius 1 is 1.05 bits per heavy atom. The van der Waals surface area contributed by atoms with Gasteiger partial charge in [0.2, 0.25) is 0 Å². The summed E-state index contributed by atoms with van der Waals surface area (Å²) in [6, 6.07) is 6.50. The van der Waals surface area contributed by atoms with E-state index in [1.165, 1.54) is 56.6 Å². The number of anilines is 2. The van der Waals surface area contributed by atoms with Crippen molar-refractivity contribution in [1.29, 1.82) is 0 Å². The lowest BCUT2D eigenvalue weighted by molar-refractivity contribution is 0.344. The number of rotatable bonds is 3. The third-order valence-electron chi connectivity index (χ3n) is 5.21. The number of nitrogen functional groups attached to an aromatic ring is 1. The van der Waals surface area contributed by atoms with Crippen molar-refractivity contribution in [3.05, 3.63) is 23.8 Å². The number of likely N-dealkylation sites (tertiary alicyclic amines) is 1. The summed E-state index contributed by atoms with van der Waals surface area (Å²) in [6.45, 7) is 10.8. The zero-order valence-electron chi connectivity index (χ0n) is 13.6. The first-order valence-electron chi connectivity index (χ1n) is 8.44. The Labute approximate surface area is 129 Å². The highest BCUT2D eigenvalue weighted by molar-refractivity contribution is 5.64. The van der Waals surface area contributed by atoms with E-state index in [0.717, 1.165) is 18.8 Å². The fourth-order valence-corrected chi connectivity index (χ4v) is 3.85. The molecule has 0 spiro atoms. The molecule has 0 aliphatic carbocycles. The quantitative estimate of drug-likeness (QED) is 0.866. The van der Waals surface area contributed by atoms with E-state index in [2.05, 4.69) is 41.8 Å². The van der Waals surface area contributed by atoms with E-state index in [9.17, 15) is 0 Å². The Hall–Kier alpha value is -1.22. The van der Waals surface area contributed by atoms with Gasteiger partial charge >= 0.3 is 0 Å². The molecule has 116 valence electrons. The smallest absolute Gasteiger partial charge is 0.0425 e. The minimum Gasteiger partial charge on any atom is -0.399 e. The van der Waals surface area contributed by atoms with E-state index >= 15 is 0 Å². The molecule has 0 radical (unpaired) electrons. The van der Waals surface area contributed by atoms with Crippen molar-refractivity contribution in [3.63, 3.8) is 0 Å². The second-order valence-corrected chi connectivity index (χ2v) is 7.30. The van der Waals surface area contributed by atoms with E-state index in [0.29, 0.717) is 0 Å². The van der Waals surface area contributed by atoms with Crippen LogP contribution in [0.25, 0.3) is 0 Å². The lowest BCUT2D eigenvalue weighted by Gasteiger charge is -2.30. The van der Waals surface area contributed by atoms with Gasteiger partial charge in [-0.25, -0.2) is 0 Å². The van der Waals surface area contributed by atoms with Gasteiger partial charge in [-0.1, -0.05) is 19.9 Å². The Morgan fingerprint density at radius 2 is 1.81 bits per heavy atom. The molecule has 3 nitrogen and oxygen atoms in total. The van der Waals surface area contributed by atoms with E-state index in [1.54, 1.807) is 0 Å². The van der Waals surface area contributed by atoms with Crippen LogP contribution in [0.15, 0.2) is 18.2 Å². The van der Waals surface area contributed by atoms with Crippen LogP contribution in [0.1, 0.15) is 45.1 Å². The number of nitrogens with two attached hydrogens (primary N) is 1. The molecule has 0 saturated carbocycles. The van der Waals surface area contributed by atoms with E-state index in [1.807, 2.05) is 0 Å². The number of benzene rings is 1. The van der Waals surface area contributed by atoms with Gasteiger partial charge in [-0.2, -0.15) is 0 Å². The maximum atomic E-state index is 6.06. The topological polar surface area (TPSA) is 32.5 Å². The molecule has 1 aromatic rings. The first-order chi connectivity index (χ1) is 10.1. The summed E-state index contributed by atoms with van der Waals surface area (Å²) in [7, 11) is 0. The summed E-state index contributed by atoms with van der Waals surface area (Å²) in [5, 5.41) is 0. The van der Waals surface area contributed by atoms with Crippen molar-refractivity contribution in [2.45, 2.75) is 44.9 Å². The van der Waals surface area contributed by atoms with Crippen LogP contribution in [0.2, 0.25) is 0 Å². The van der Waals surface area contributed by atoms with Crippen LogP contribution >= 0.6 is 0 Å². The third kappa shape index (κ3) is 3.18. The van der Waals surface area contributed by atoms with Crippen LogP contribution in [-0.4, -0.2) is 37.6 Å². The molecular formula is C18H29N3. The minimum absolute atomic E-state index is 0.255. The Morgan fingerprint density at radius 3 is 2.57 bits per heavy atom. The predicted octanol–water partition coefficient (Wildman–Crippen LogP) is 3.24. The average Bonchev–Trinajstić information content (AvgIpc) is 2.91. The standard InChI is InChI=1S/C18H29N3/c1-18(2)8-5-11-21(13-12-20-9-3-4-10-20)17-14-15(19)6-7-16(17)18/h6-7,14H,3-5,8-13,19H2,1-2H3. The lowest BCUT2D eigenvalue weighted by atomic mass is 9.80. The zero-order valence-corrected chi connectivity index (χ0v) is 13.6. The van der Waals surface area contributed by atoms with Crippen LogP contribution in [0.3, 0.4) is 0 Å². The molecule has 1 fully saturated rings. The second kappa shape index (κ2) is 5.88. The van der Waals surface area contributed by atoms with Gasteiger partial charge in [-0.15, -0.1) is 0 Å². The third-order valence-corrected chi connectivity index (χ3v) is 5.21. The zero-order chi connectivity index (χ0) is 14.9. The van der Waals surface area contributed by atoms with Crippen molar-refractivity contribution < 1.29 is 0 Å². The van der Waals surface area contributed by atoms with E-state index < -0.39 is 0 Å². The van der Waals surface area contributed by atoms with Crippen LogP contribution < -0.4 is 10.6 Å². The summed E-state index contributed by atoms with van der Waals surface area (Å²) in [5.74, 6) is 0. The summed E-state index contributed by atoms with van der Waals surface area (Å²) < 4.78 is 0. The van der Waals surface area contributed by atoms with Crippen molar-refractivity contribution in [3.8, 4) is 0 Å². The Bertz CT molecular complexity index is 489. The van der Waals surface area contributed by atoms with Crippen molar-refractivity contribution in [2.24, 2.45) is 0 Å². The molecule has 21 heavy (non-hydrogen) atoms. The highest BCUT2D eigenvalue weighted by Gasteiger charge is 2.29. The molecule has 0 atom stereocenters. The van der Waals surface area contributed by atoms with Crippen molar-refractivity contribution in [2.75, 3.05) is 43.4 Å². The summed E-state index contributed by atoms with van der Waals surface area (Å²) in [4.78, 5) is 5.17. The van der Waals surface area contributed by atoms with Crippen LogP contribution in [0.4, 0.5) is 11.4 Å². The Kier molecular flexibility index (Phi) is 4.12. The van der Waals surface area contributed by atoms with Crippen LogP contribution in [0, 0.1) is 0 Å². The molecule has 1 saturated heterocycles. The van der Waals surface area contributed by atoms with Crippen LogP contribution in [-0.2, 0) is 5.41 Å². The highest BCUT2D eigenvalue weighted by Crippen LogP contribution is 2.39. The summed E-state index contributed by atoms with van der Waals surface area (Å²) >= 11 is 0. The molecule has 0 aromatic heterocycles. The largest absolute Gasteiger partial charge is 0.399 e. The summed E-state index contributed by atoms with van der Waals surface area (Å²) in [5.41, 5.74) is 10.0. The van der Waals surface area contributed by atoms with Crippen LogP contribution in [0.5, 0.6) is 0 Å². The van der Waals surface area contributed by atoms with E-state index in [-0.39, 0.29) is 5.41 Å². The molecule has 1 aromatic carbocycles. The average molecular weight is 287 g/mol. The molecule has 3 rings (SSSR count). The minimum atomic E-state index is 0.255. The van der Waals surface area contributed by atoms with Crippen molar-refractivity contribution in [1.82, 2.24) is 4.90 Å². The van der Waals surface area contributed by atoms with Gasteiger partial charge < -0.3 is 15.5 Å². The predicted molar refractivity (Wildman–Crippen MR) is 91.0 cm³/mol. The maximum absolute atomic E-state index is 6.06.